The Hall–Kier alpha value is -2.53. The van der Waals surface area contributed by atoms with Gasteiger partial charge in [0.25, 0.3) is 0 Å². The number of rotatable bonds is 10. The third-order valence-electron chi connectivity index (χ3n) is 4.47. The highest BCUT2D eigenvalue weighted by molar-refractivity contribution is 6.30. The predicted octanol–water partition coefficient (Wildman–Crippen LogP) is 5.14. The van der Waals surface area contributed by atoms with Gasteiger partial charge in [0.15, 0.2) is 11.5 Å². The normalized spacial score (nSPS) is 11.8. The molecule has 0 bridgehead atoms. The molecule has 0 spiro atoms. The smallest absolute Gasteiger partial charge is 0.161 e. The molecule has 4 nitrogen and oxygen atoms in total. The molecule has 0 fully saturated rings. The van der Waals surface area contributed by atoms with Crippen LogP contribution in [0.25, 0.3) is 0 Å². The fourth-order valence-electron chi connectivity index (χ4n) is 2.94. The molecule has 0 aliphatic heterocycles. The fraction of sp³-hybridized carbons (Fsp3) is 0.250. The second-order valence-electron chi connectivity index (χ2n) is 6.69. The van der Waals surface area contributed by atoms with Crippen molar-refractivity contribution in [3.05, 3.63) is 94.5 Å². The first-order chi connectivity index (χ1) is 14.2. The zero-order valence-corrected chi connectivity index (χ0v) is 17.2. The van der Waals surface area contributed by atoms with Crippen molar-refractivity contribution in [3.63, 3.8) is 0 Å². The fourth-order valence-corrected chi connectivity index (χ4v) is 3.06. The molecule has 3 aromatic rings. The van der Waals surface area contributed by atoms with Crippen molar-refractivity contribution in [1.82, 2.24) is 5.32 Å². The van der Waals surface area contributed by atoms with Gasteiger partial charge >= 0.3 is 0 Å². The molecule has 0 unspecified atom stereocenters. The summed E-state index contributed by atoms with van der Waals surface area (Å²) in [6.07, 6.45) is -0.537. The van der Waals surface area contributed by atoms with Crippen LogP contribution < -0.4 is 14.8 Å². The lowest BCUT2D eigenvalue weighted by Gasteiger charge is -2.15. The molecule has 0 saturated heterocycles. The average Bonchev–Trinajstić information content (AvgIpc) is 2.75. The molecule has 0 heterocycles. The topological polar surface area (TPSA) is 50.7 Å². The number of aliphatic hydroxyl groups is 1. The van der Waals surface area contributed by atoms with E-state index in [-0.39, 0.29) is 0 Å². The summed E-state index contributed by atoms with van der Waals surface area (Å²) in [5, 5.41) is 14.3. The Kier molecular flexibility index (Phi) is 7.94. The molecule has 0 aromatic heterocycles. The van der Waals surface area contributed by atoms with Crippen LogP contribution in [-0.2, 0) is 13.2 Å². The molecule has 1 atom stereocenters. The summed E-state index contributed by atoms with van der Waals surface area (Å²) < 4.78 is 11.7. The highest BCUT2D eigenvalue weighted by Crippen LogP contribution is 2.29. The van der Waals surface area contributed by atoms with E-state index in [9.17, 15) is 5.11 Å². The number of hydrogen-bond acceptors (Lipinski definition) is 4. The van der Waals surface area contributed by atoms with Gasteiger partial charge in [-0.1, -0.05) is 60.1 Å². The van der Waals surface area contributed by atoms with Crippen LogP contribution in [-0.4, -0.2) is 18.3 Å². The third kappa shape index (κ3) is 6.50. The Morgan fingerprint density at radius 3 is 2.34 bits per heavy atom. The number of nitrogens with one attached hydrogen (secondary N) is 1. The molecular weight excluding hydrogens is 386 g/mol. The zero-order chi connectivity index (χ0) is 20.5. The Bertz CT molecular complexity index is 884. The minimum absolute atomic E-state index is 0.443. The van der Waals surface area contributed by atoms with Gasteiger partial charge in [0.2, 0.25) is 0 Å². The molecule has 0 amide bonds. The van der Waals surface area contributed by atoms with E-state index >= 15 is 0 Å². The van der Waals surface area contributed by atoms with Crippen molar-refractivity contribution in [2.45, 2.75) is 26.2 Å². The molecule has 3 aromatic carbocycles. The lowest BCUT2D eigenvalue weighted by molar-refractivity contribution is 0.174. The maximum Gasteiger partial charge on any atom is 0.161 e. The third-order valence-corrected chi connectivity index (χ3v) is 4.72. The summed E-state index contributed by atoms with van der Waals surface area (Å²) >= 11 is 5.93. The van der Waals surface area contributed by atoms with E-state index in [2.05, 4.69) is 5.32 Å². The van der Waals surface area contributed by atoms with Crippen LogP contribution in [0, 0.1) is 0 Å². The molecule has 29 heavy (non-hydrogen) atoms. The monoisotopic (exact) mass is 411 g/mol. The molecule has 2 N–H and O–H groups in total. The van der Waals surface area contributed by atoms with Gasteiger partial charge in [-0.2, -0.15) is 0 Å². The van der Waals surface area contributed by atoms with Gasteiger partial charge in [-0.15, -0.1) is 0 Å². The maximum absolute atomic E-state index is 10.3. The van der Waals surface area contributed by atoms with Crippen LogP contribution in [0.5, 0.6) is 11.5 Å². The van der Waals surface area contributed by atoms with Crippen molar-refractivity contribution in [2.75, 3.05) is 13.2 Å². The Morgan fingerprint density at radius 1 is 0.897 bits per heavy atom. The van der Waals surface area contributed by atoms with Gasteiger partial charge in [-0.05, 0) is 47.9 Å². The number of ether oxygens (including phenoxy) is 2. The standard InChI is InChI=1S/C24H26ClNO3/c1-2-28-24-14-19(15-26-16-22(27)20-6-4-3-5-7-20)10-13-23(24)29-17-18-8-11-21(25)12-9-18/h3-14,22,26-27H,2,15-17H2,1H3/t22-/m1/s1. The summed E-state index contributed by atoms with van der Waals surface area (Å²) in [5.41, 5.74) is 3.01. The largest absolute Gasteiger partial charge is 0.490 e. The number of halogens is 1. The number of benzene rings is 3. The lowest BCUT2D eigenvalue weighted by Crippen LogP contribution is -2.21. The SMILES string of the molecule is CCOc1cc(CNC[C@@H](O)c2ccccc2)ccc1OCc1ccc(Cl)cc1. The van der Waals surface area contributed by atoms with E-state index in [1.807, 2.05) is 79.7 Å². The molecule has 152 valence electrons. The molecule has 0 saturated carbocycles. The van der Waals surface area contributed by atoms with Gasteiger partial charge in [0.05, 0.1) is 12.7 Å². The van der Waals surface area contributed by atoms with Gasteiger partial charge in [-0.3, -0.25) is 0 Å². The van der Waals surface area contributed by atoms with Crippen molar-refractivity contribution in [3.8, 4) is 11.5 Å². The van der Waals surface area contributed by atoms with Crippen molar-refractivity contribution < 1.29 is 14.6 Å². The van der Waals surface area contributed by atoms with Crippen LogP contribution in [0.4, 0.5) is 0 Å². The quantitative estimate of drug-likeness (QED) is 0.485. The highest BCUT2D eigenvalue weighted by atomic mass is 35.5. The van der Waals surface area contributed by atoms with E-state index < -0.39 is 6.10 Å². The van der Waals surface area contributed by atoms with Crippen LogP contribution in [0.3, 0.4) is 0 Å². The van der Waals surface area contributed by atoms with Gasteiger partial charge in [-0.25, -0.2) is 0 Å². The van der Waals surface area contributed by atoms with Crippen molar-refractivity contribution in [1.29, 1.82) is 0 Å². The average molecular weight is 412 g/mol. The summed E-state index contributed by atoms with van der Waals surface area (Å²) in [6, 6.07) is 23.1. The van der Waals surface area contributed by atoms with Crippen molar-refractivity contribution in [2.24, 2.45) is 0 Å². The summed E-state index contributed by atoms with van der Waals surface area (Å²) in [5.74, 6) is 1.42. The van der Waals surface area contributed by atoms with Gasteiger partial charge < -0.3 is 19.9 Å². The molecule has 0 aliphatic rings. The first kappa shape index (κ1) is 21.2. The van der Waals surface area contributed by atoms with E-state index in [4.69, 9.17) is 21.1 Å². The lowest BCUT2D eigenvalue weighted by atomic mass is 10.1. The maximum atomic E-state index is 10.3. The number of aliphatic hydroxyl groups excluding tert-OH is 1. The Morgan fingerprint density at radius 2 is 1.62 bits per heavy atom. The first-order valence-electron chi connectivity index (χ1n) is 9.72. The van der Waals surface area contributed by atoms with Gasteiger partial charge in [0, 0.05) is 18.1 Å². The van der Waals surface area contributed by atoms with E-state index in [0.717, 1.165) is 16.7 Å². The number of hydrogen-bond donors (Lipinski definition) is 2. The van der Waals surface area contributed by atoms with E-state index in [0.29, 0.717) is 42.8 Å². The van der Waals surface area contributed by atoms with Crippen LogP contribution in [0.15, 0.2) is 72.8 Å². The Balaban J connectivity index is 1.57. The molecule has 0 aliphatic carbocycles. The molecule has 3 rings (SSSR count). The second-order valence-corrected chi connectivity index (χ2v) is 7.12. The summed E-state index contributed by atoms with van der Waals surface area (Å²) in [6.45, 7) is 4.05. The van der Waals surface area contributed by atoms with Crippen LogP contribution in [0.2, 0.25) is 5.02 Å². The molecule has 0 radical (unpaired) electrons. The van der Waals surface area contributed by atoms with E-state index in [1.54, 1.807) is 0 Å². The van der Waals surface area contributed by atoms with Crippen LogP contribution in [0.1, 0.15) is 29.7 Å². The second kappa shape index (κ2) is 10.9. The van der Waals surface area contributed by atoms with Gasteiger partial charge in [0.1, 0.15) is 6.61 Å². The van der Waals surface area contributed by atoms with Crippen LogP contribution >= 0.6 is 11.6 Å². The first-order valence-corrected chi connectivity index (χ1v) is 10.1. The molecular formula is C24H26ClNO3. The predicted molar refractivity (Wildman–Crippen MR) is 117 cm³/mol. The Labute approximate surface area is 177 Å². The highest BCUT2D eigenvalue weighted by Gasteiger charge is 2.09. The molecule has 5 heteroatoms. The minimum Gasteiger partial charge on any atom is -0.490 e. The summed E-state index contributed by atoms with van der Waals surface area (Å²) in [7, 11) is 0. The summed E-state index contributed by atoms with van der Waals surface area (Å²) in [4.78, 5) is 0. The van der Waals surface area contributed by atoms with Crippen molar-refractivity contribution >= 4 is 11.6 Å². The van der Waals surface area contributed by atoms with E-state index in [1.165, 1.54) is 0 Å². The minimum atomic E-state index is -0.537. The zero-order valence-electron chi connectivity index (χ0n) is 16.5.